The van der Waals surface area contributed by atoms with Crippen LogP contribution in [0.4, 0.5) is 0 Å². The molecule has 0 amide bonds. The first kappa shape index (κ1) is 14.7. The van der Waals surface area contributed by atoms with Gasteiger partial charge in [0, 0.05) is 0 Å². The maximum absolute atomic E-state index is 11.4. The van der Waals surface area contributed by atoms with Crippen LogP contribution in [0.5, 0.6) is 0 Å². The summed E-state index contributed by atoms with van der Waals surface area (Å²) in [5.74, 6) is -0.971. The molecule has 1 aromatic carbocycles. The van der Waals surface area contributed by atoms with Crippen LogP contribution in [0.25, 0.3) is 5.69 Å². The summed E-state index contributed by atoms with van der Waals surface area (Å²) < 4.78 is 17.6. The molecule has 0 saturated carbocycles. The average molecular weight is 303 g/mol. The van der Waals surface area contributed by atoms with E-state index in [9.17, 15) is 4.79 Å². The molecule has 116 valence electrons. The van der Waals surface area contributed by atoms with Gasteiger partial charge in [0.1, 0.15) is 11.8 Å². The summed E-state index contributed by atoms with van der Waals surface area (Å²) in [6.45, 7) is 4.18. The van der Waals surface area contributed by atoms with Crippen molar-refractivity contribution in [1.29, 1.82) is 0 Å². The number of benzene rings is 1. The highest BCUT2D eigenvalue weighted by molar-refractivity contribution is 5.89. The second kappa shape index (κ2) is 5.51. The molecule has 3 rings (SSSR count). The minimum Gasteiger partial charge on any atom is -0.465 e. The van der Waals surface area contributed by atoms with Crippen LogP contribution in [0.15, 0.2) is 30.5 Å². The molecule has 2 heterocycles. The smallest absolute Gasteiger partial charge is 0.337 e. The normalized spacial score (nSPS) is 20.0. The van der Waals surface area contributed by atoms with Gasteiger partial charge in [-0.2, -0.15) is 0 Å². The number of hydrogen-bond acceptors (Lipinski definition) is 6. The maximum atomic E-state index is 11.4. The number of aromatic nitrogens is 3. The van der Waals surface area contributed by atoms with E-state index in [0.717, 1.165) is 5.69 Å². The lowest BCUT2D eigenvalue weighted by Gasteiger charge is -2.15. The van der Waals surface area contributed by atoms with Crippen molar-refractivity contribution in [2.75, 3.05) is 13.7 Å². The van der Waals surface area contributed by atoms with Gasteiger partial charge in [0.05, 0.1) is 31.2 Å². The van der Waals surface area contributed by atoms with E-state index in [4.69, 9.17) is 9.47 Å². The van der Waals surface area contributed by atoms with Crippen LogP contribution in [-0.4, -0.2) is 40.5 Å². The van der Waals surface area contributed by atoms with Crippen LogP contribution in [0.1, 0.15) is 36.0 Å². The van der Waals surface area contributed by atoms with Crippen LogP contribution in [-0.2, 0) is 14.2 Å². The molecular weight excluding hydrogens is 286 g/mol. The molecule has 7 nitrogen and oxygen atoms in total. The van der Waals surface area contributed by atoms with E-state index in [-0.39, 0.29) is 12.1 Å². The van der Waals surface area contributed by atoms with Gasteiger partial charge in [-0.3, -0.25) is 0 Å². The third-order valence-electron chi connectivity index (χ3n) is 3.40. The summed E-state index contributed by atoms with van der Waals surface area (Å²) in [7, 11) is 1.35. The largest absolute Gasteiger partial charge is 0.465 e. The number of carbonyl (C=O) groups is 1. The Bertz CT molecular complexity index is 678. The first-order chi connectivity index (χ1) is 10.5. The molecule has 0 bridgehead atoms. The zero-order valence-corrected chi connectivity index (χ0v) is 12.6. The SMILES string of the molecule is COC(=O)c1ccc(-n2cc([C@H]3COC(C)(C)O3)nn2)cc1. The van der Waals surface area contributed by atoms with Crippen molar-refractivity contribution in [3.63, 3.8) is 0 Å². The van der Waals surface area contributed by atoms with Crippen molar-refractivity contribution in [3.05, 3.63) is 41.7 Å². The summed E-state index contributed by atoms with van der Waals surface area (Å²) in [6.07, 6.45) is 1.57. The van der Waals surface area contributed by atoms with Gasteiger partial charge < -0.3 is 14.2 Å². The number of carbonyl (C=O) groups excluding carboxylic acids is 1. The highest BCUT2D eigenvalue weighted by atomic mass is 16.7. The molecule has 0 radical (unpaired) electrons. The Hall–Kier alpha value is -2.25. The van der Waals surface area contributed by atoms with Gasteiger partial charge >= 0.3 is 5.97 Å². The highest BCUT2D eigenvalue weighted by Crippen LogP contribution is 2.31. The van der Waals surface area contributed by atoms with E-state index in [0.29, 0.717) is 17.9 Å². The zero-order chi connectivity index (χ0) is 15.7. The van der Waals surface area contributed by atoms with Crippen molar-refractivity contribution in [3.8, 4) is 5.69 Å². The van der Waals surface area contributed by atoms with Crippen molar-refractivity contribution in [1.82, 2.24) is 15.0 Å². The summed E-state index contributed by atoms with van der Waals surface area (Å²) in [5, 5.41) is 8.22. The quantitative estimate of drug-likeness (QED) is 0.806. The molecule has 1 aliphatic rings. The molecule has 0 spiro atoms. The van der Waals surface area contributed by atoms with Crippen LogP contribution < -0.4 is 0 Å². The Labute approximate surface area is 127 Å². The Morgan fingerprint density at radius 2 is 2.09 bits per heavy atom. The topological polar surface area (TPSA) is 75.5 Å². The average Bonchev–Trinajstić information content (AvgIpc) is 3.13. The maximum Gasteiger partial charge on any atom is 0.337 e. The Morgan fingerprint density at radius 3 is 2.68 bits per heavy atom. The van der Waals surface area contributed by atoms with Gasteiger partial charge in [-0.25, -0.2) is 9.48 Å². The van der Waals surface area contributed by atoms with Gasteiger partial charge in [0.25, 0.3) is 0 Å². The molecule has 2 aromatic rings. The minimum atomic E-state index is -0.601. The third kappa shape index (κ3) is 2.86. The third-order valence-corrected chi connectivity index (χ3v) is 3.40. The van der Waals surface area contributed by atoms with Crippen molar-refractivity contribution in [2.45, 2.75) is 25.7 Å². The molecule has 7 heteroatoms. The number of rotatable bonds is 3. The summed E-state index contributed by atoms with van der Waals surface area (Å²) >= 11 is 0. The number of ether oxygens (including phenoxy) is 3. The van der Waals surface area contributed by atoms with E-state index < -0.39 is 5.79 Å². The molecule has 1 aromatic heterocycles. The van der Waals surface area contributed by atoms with Gasteiger partial charge in [-0.05, 0) is 38.1 Å². The van der Waals surface area contributed by atoms with E-state index in [1.807, 2.05) is 13.8 Å². The van der Waals surface area contributed by atoms with E-state index in [2.05, 4.69) is 15.0 Å². The second-order valence-corrected chi connectivity index (χ2v) is 5.44. The fourth-order valence-corrected chi connectivity index (χ4v) is 2.25. The summed E-state index contributed by atoms with van der Waals surface area (Å²) in [4.78, 5) is 11.4. The van der Waals surface area contributed by atoms with Crippen LogP contribution in [0, 0.1) is 0 Å². The van der Waals surface area contributed by atoms with E-state index in [1.54, 1.807) is 35.1 Å². The number of methoxy groups -OCH3 is 1. The fourth-order valence-electron chi connectivity index (χ4n) is 2.25. The summed E-state index contributed by atoms with van der Waals surface area (Å²) in [6, 6.07) is 6.92. The van der Waals surface area contributed by atoms with Gasteiger partial charge in [-0.15, -0.1) is 5.10 Å². The molecule has 1 saturated heterocycles. The van der Waals surface area contributed by atoms with Crippen molar-refractivity contribution < 1.29 is 19.0 Å². The van der Waals surface area contributed by atoms with E-state index >= 15 is 0 Å². The van der Waals surface area contributed by atoms with Crippen LogP contribution in [0.2, 0.25) is 0 Å². The van der Waals surface area contributed by atoms with E-state index in [1.165, 1.54) is 7.11 Å². The predicted octanol–water partition coefficient (Wildman–Crippen LogP) is 1.88. The first-order valence-electron chi connectivity index (χ1n) is 6.91. The fraction of sp³-hybridized carbons (Fsp3) is 0.400. The van der Waals surface area contributed by atoms with Gasteiger partial charge in [-0.1, -0.05) is 5.21 Å². The lowest BCUT2D eigenvalue weighted by Crippen LogP contribution is -2.19. The van der Waals surface area contributed by atoms with Gasteiger partial charge in [0.2, 0.25) is 0 Å². The minimum absolute atomic E-state index is 0.224. The number of esters is 1. The van der Waals surface area contributed by atoms with Gasteiger partial charge in [0.15, 0.2) is 5.79 Å². The lowest BCUT2D eigenvalue weighted by atomic mass is 10.2. The Kier molecular flexibility index (Phi) is 3.67. The first-order valence-corrected chi connectivity index (χ1v) is 6.91. The molecule has 22 heavy (non-hydrogen) atoms. The van der Waals surface area contributed by atoms with Crippen LogP contribution >= 0.6 is 0 Å². The summed E-state index contributed by atoms with van der Waals surface area (Å²) in [5.41, 5.74) is 1.99. The Morgan fingerprint density at radius 1 is 1.36 bits per heavy atom. The molecule has 1 fully saturated rings. The monoisotopic (exact) mass is 303 g/mol. The van der Waals surface area contributed by atoms with Crippen molar-refractivity contribution in [2.24, 2.45) is 0 Å². The lowest BCUT2D eigenvalue weighted by molar-refractivity contribution is -0.139. The zero-order valence-electron chi connectivity index (χ0n) is 12.6. The molecular formula is C15H17N3O4. The number of nitrogens with zero attached hydrogens (tertiary/aromatic N) is 3. The Balaban J connectivity index is 1.78. The standard InChI is InChI=1S/C15H17N3O4/c1-15(2)21-9-13(22-15)12-8-18(17-16-12)11-6-4-10(5-7-11)14(19)20-3/h4-8,13H,9H2,1-3H3/t13-/m1/s1. The molecule has 0 unspecified atom stereocenters. The van der Waals surface area contributed by atoms with Crippen LogP contribution in [0.3, 0.4) is 0 Å². The molecule has 0 N–H and O–H groups in total. The highest BCUT2D eigenvalue weighted by Gasteiger charge is 2.35. The second-order valence-electron chi connectivity index (χ2n) is 5.44. The van der Waals surface area contributed by atoms with Crippen molar-refractivity contribution >= 4 is 5.97 Å². The molecule has 0 aliphatic carbocycles. The predicted molar refractivity (Wildman–Crippen MR) is 76.6 cm³/mol. The molecule has 1 atom stereocenters. The number of hydrogen-bond donors (Lipinski definition) is 0. The molecule has 1 aliphatic heterocycles.